The maximum absolute atomic E-state index is 12.9. The zero-order chi connectivity index (χ0) is 12.5. The van der Waals surface area contributed by atoms with Gasteiger partial charge in [-0.2, -0.15) is 0 Å². The second kappa shape index (κ2) is 4.75. The van der Waals surface area contributed by atoms with Crippen LogP contribution in [0.25, 0.3) is 0 Å². The first-order chi connectivity index (χ1) is 8.02. The van der Waals surface area contributed by atoms with Crippen LogP contribution in [0.3, 0.4) is 0 Å². The summed E-state index contributed by atoms with van der Waals surface area (Å²) in [6, 6.07) is 6.94. The van der Waals surface area contributed by atoms with Gasteiger partial charge in [0.15, 0.2) is 0 Å². The van der Waals surface area contributed by atoms with Crippen LogP contribution in [-0.2, 0) is 0 Å². The summed E-state index contributed by atoms with van der Waals surface area (Å²) in [5.74, 6) is -0.189. The Morgan fingerprint density at radius 3 is 2.47 bits per heavy atom. The van der Waals surface area contributed by atoms with Gasteiger partial charge in [0.2, 0.25) is 0 Å². The van der Waals surface area contributed by atoms with Crippen LogP contribution >= 0.6 is 0 Å². The number of halogens is 1. The van der Waals surface area contributed by atoms with Gasteiger partial charge in [-0.3, -0.25) is 4.90 Å². The summed E-state index contributed by atoms with van der Waals surface area (Å²) < 4.78 is 12.9. The minimum atomic E-state index is -0.189. The first kappa shape index (κ1) is 12.5. The fraction of sp³-hybridized carbons (Fsp3) is 0.571. The Bertz CT molecular complexity index is 372. The molecule has 1 atom stereocenters. The lowest BCUT2D eigenvalue weighted by molar-refractivity contribution is 0.223. The minimum Gasteiger partial charge on any atom is -0.329 e. The third kappa shape index (κ3) is 2.85. The van der Waals surface area contributed by atoms with Crippen molar-refractivity contribution in [3.8, 4) is 0 Å². The Labute approximate surface area is 103 Å². The minimum absolute atomic E-state index is 0.189. The molecule has 2 rings (SSSR count). The molecule has 1 aliphatic heterocycles. The summed E-state index contributed by atoms with van der Waals surface area (Å²) >= 11 is 0. The molecule has 17 heavy (non-hydrogen) atoms. The SMILES string of the molecule is CC1(C)CCN(C(CN)c2ccc(F)cc2)C1. The predicted octanol–water partition coefficient (Wildman–Crippen LogP) is 2.56. The topological polar surface area (TPSA) is 29.3 Å². The van der Waals surface area contributed by atoms with Gasteiger partial charge < -0.3 is 5.73 Å². The second-order valence-corrected chi connectivity index (χ2v) is 5.69. The molecule has 0 amide bonds. The van der Waals surface area contributed by atoms with E-state index in [1.807, 2.05) is 12.1 Å². The third-order valence-electron chi connectivity index (χ3n) is 3.63. The molecule has 0 aromatic heterocycles. The molecule has 94 valence electrons. The number of hydrogen-bond donors (Lipinski definition) is 1. The first-order valence-corrected chi connectivity index (χ1v) is 6.21. The molecule has 1 aliphatic rings. The van der Waals surface area contributed by atoms with E-state index in [1.54, 1.807) is 0 Å². The van der Waals surface area contributed by atoms with Gasteiger partial charge in [0.25, 0.3) is 0 Å². The number of nitrogens with two attached hydrogens (primary N) is 1. The normalized spacial score (nSPS) is 21.6. The Morgan fingerprint density at radius 1 is 1.35 bits per heavy atom. The Hall–Kier alpha value is -0.930. The van der Waals surface area contributed by atoms with E-state index in [0.717, 1.165) is 18.7 Å². The number of benzene rings is 1. The highest BCUT2D eigenvalue weighted by atomic mass is 19.1. The van der Waals surface area contributed by atoms with Gasteiger partial charge in [-0.25, -0.2) is 4.39 Å². The molecule has 2 nitrogen and oxygen atoms in total. The van der Waals surface area contributed by atoms with Crippen LogP contribution in [0, 0.1) is 11.2 Å². The number of likely N-dealkylation sites (tertiary alicyclic amines) is 1. The molecule has 0 radical (unpaired) electrons. The smallest absolute Gasteiger partial charge is 0.123 e. The first-order valence-electron chi connectivity index (χ1n) is 6.21. The molecule has 0 saturated carbocycles. The third-order valence-corrected chi connectivity index (χ3v) is 3.63. The van der Waals surface area contributed by atoms with Gasteiger partial charge in [-0.05, 0) is 36.1 Å². The molecule has 0 bridgehead atoms. The highest BCUT2D eigenvalue weighted by Crippen LogP contribution is 2.34. The van der Waals surface area contributed by atoms with Crippen molar-refractivity contribution in [2.45, 2.75) is 26.3 Å². The summed E-state index contributed by atoms with van der Waals surface area (Å²) in [5.41, 5.74) is 7.36. The van der Waals surface area contributed by atoms with Gasteiger partial charge in [-0.1, -0.05) is 26.0 Å². The molecular formula is C14H21FN2. The van der Waals surface area contributed by atoms with Crippen molar-refractivity contribution < 1.29 is 4.39 Å². The van der Waals surface area contributed by atoms with E-state index in [0.29, 0.717) is 12.0 Å². The summed E-state index contributed by atoms with van der Waals surface area (Å²) in [6.45, 7) is 7.29. The zero-order valence-electron chi connectivity index (χ0n) is 10.6. The summed E-state index contributed by atoms with van der Waals surface area (Å²) in [4.78, 5) is 2.41. The van der Waals surface area contributed by atoms with Gasteiger partial charge >= 0.3 is 0 Å². The largest absolute Gasteiger partial charge is 0.329 e. The van der Waals surface area contributed by atoms with Crippen LogP contribution in [0.5, 0.6) is 0 Å². The summed E-state index contributed by atoms with van der Waals surface area (Å²) in [7, 11) is 0. The van der Waals surface area contributed by atoms with E-state index >= 15 is 0 Å². The summed E-state index contributed by atoms with van der Waals surface area (Å²) in [6.07, 6.45) is 1.20. The van der Waals surface area contributed by atoms with Gasteiger partial charge in [-0.15, -0.1) is 0 Å². The van der Waals surface area contributed by atoms with Crippen molar-refractivity contribution in [3.63, 3.8) is 0 Å². The van der Waals surface area contributed by atoms with Crippen molar-refractivity contribution in [1.82, 2.24) is 4.90 Å². The molecule has 0 spiro atoms. The Morgan fingerprint density at radius 2 is 2.00 bits per heavy atom. The quantitative estimate of drug-likeness (QED) is 0.874. The van der Waals surface area contributed by atoms with E-state index in [2.05, 4.69) is 18.7 Å². The molecule has 1 aromatic rings. The number of rotatable bonds is 3. The van der Waals surface area contributed by atoms with Crippen molar-refractivity contribution >= 4 is 0 Å². The van der Waals surface area contributed by atoms with Crippen molar-refractivity contribution in [3.05, 3.63) is 35.6 Å². The fourth-order valence-electron chi connectivity index (χ4n) is 2.60. The average molecular weight is 236 g/mol. The lowest BCUT2D eigenvalue weighted by atomic mass is 9.93. The van der Waals surface area contributed by atoms with Crippen LogP contribution in [0.15, 0.2) is 24.3 Å². The highest BCUT2D eigenvalue weighted by Gasteiger charge is 2.33. The van der Waals surface area contributed by atoms with Crippen molar-refractivity contribution in [2.75, 3.05) is 19.6 Å². The summed E-state index contributed by atoms with van der Waals surface area (Å²) in [5, 5.41) is 0. The maximum Gasteiger partial charge on any atom is 0.123 e. The molecule has 1 fully saturated rings. The standard InChI is InChI=1S/C14H21FN2/c1-14(2)7-8-17(10-14)13(9-16)11-3-5-12(15)6-4-11/h3-6,13H,7-10,16H2,1-2H3. The Balaban J connectivity index is 2.14. The second-order valence-electron chi connectivity index (χ2n) is 5.69. The van der Waals surface area contributed by atoms with Crippen LogP contribution in [-0.4, -0.2) is 24.5 Å². The average Bonchev–Trinajstić information content (AvgIpc) is 2.63. The van der Waals surface area contributed by atoms with Crippen LogP contribution in [0.1, 0.15) is 31.9 Å². The molecular weight excluding hydrogens is 215 g/mol. The highest BCUT2D eigenvalue weighted by molar-refractivity contribution is 5.21. The molecule has 1 heterocycles. The molecule has 1 saturated heterocycles. The molecule has 1 unspecified atom stereocenters. The Kier molecular flexibility index (Phi) is 3.50. The van der Waals surface area contributed by atoms with Gasteiger partial charge in [0, 0.05) is 19.1 Å². The maximum atomic E-state index is 12.9. The van der Waals surface area contributed by atoms with E-state index in [9.17, 15) is 4.39 Å². The molecule has 1 aromatic carbocycles. The van der Waals surface area contributed by atoms with E-state index < -0.39 is 0 Å². The van der Waals surface area contributed by atoms with Gasteiger partial charge in [0.1, 0.15) is 5.82 Å². The van der Waals surface area contributed by atoms with Gasteiger partial charge in [0.05, 0.1) is 0 Å². The van der Waals surface area contributed by atoms with Crippen LogP contribution in [0.4, 0.5) is 4.39 Å². The van der Waals surface area contributed by atoms with Crippen molar-refractivity contribution in [1.29, 1.82) is 0 Å². The molecule has 0 aliphatic carbocycles. The lowest BCUT2D eigenvalue weighted by Gasteiger charge is -2.28. The lowest BCUT2D eigenvalue weighted by Crippen LogP contribution is -2.33. The van der Waals surface area contributed by atoms with Crippen LogP contribution in [0.2, 0.25) is 0 Å². The monoisotopic (exact) mass is 236 g/mol. The predicted molar refractivity (Wildman–Crippen MR) is 68.2 cm³/mol. The van der Waals surface area contributed by atoms with E-state index in [4.69, 9.17) is 5.73 Å². The molecule has 2 N–H and O–H groups in total. The van der Waals surface area contributed by atoms with Crippen LogP contribution < -0.4 is 5.73 Å². The number of hydrogen-bond acceptors (Lipinski definition) is 2. The van der Waals surface area contributed by atoms with E-state index in [1.165, 1.54) is 18.6 Å². The van der Waals surface area contributed by atoms with Crippen molar-refractivity contribution in [2.24, 2.45) is 11.1 Å². The number of nitrogens with zero attached hydrogens (tertiary/aromatic N) is 1. The fourth-order valence-corrected chi connectivity index (χ4v) is 2.60. The molecule has 3 heteroatoms. The zero-order valence-corrected chi connectivity index (χ0v) is 10.6. The van der Waals surface area contributed by atoms with E-state index in [-0.39, 0.29) is 11.9 Å².